The van der Waals surface area contributed by atoms with Crippen LogP contribution in [-0.4, -0.2) is 40.2 Å². The molecule has 0 bridgehead atoms. The van der Waals surface area contributed by atoms with Crippen LogP contribution in [0.2, 0.25) is 0 Å². The minimum Gasteiger partial charge on any atom is -0.390 e. The average molecular weight is 214 g/mol. The SMILES string of the molecule is CNC(=O)Cn1nnc(CO)c1COC. The Labute approximate surface area is 87.0 Å². The first-order valence-corrected chi connectivity index (χ1v) is 4.44. The zero-order chi connectivity index (χ0) is 11.3. The van der Waals surface area contributed by atoms with Gasteiger partial charge in [0.1, 0.15) is 12.2 Å². The third-order valence-corrected chi connectivity index (χ3v) is 1.92. The highest BCUT2D eigenvalue weighted by molar-refractivity contribution is 5.75. The lowest BCUT2D eigenvalue weighted by atomic mass is 10.3. The molecule has 1 amide bonds. The summed E-state index contributed by atoms with van der Waals surface area (Å²) in [6.07, 6.45) is 0. The number of hydrogen-bond donors (Lipinski definition) is 2. The van der Waals surface area contributed by atoms with E-state index in [4.69, 9.17) is 9.84 Å². The van der Waals surface area contributed by atoms with E-state index in [1.807, 2.05) is 0 Å². The molecule has 0 fully saturated rings. The molecule has 0 radical (unpaired) electrons. The standard InChI is InChI=1S/C8H14N4O3/c1-9-8(14)3-12-7(5-15-2)6(4-13)10-11-12/h13H,3-5H2,1-2H3,(H,9,14). The average Bonchev–Trinajstić information content (AvgIpc) is 2.61. The van der Waals surface area contributed by atoms with Gasteiger partial charge in [-0.15, -0.1) is 5.10 Å². The summed E-state index contributed by atoms with van der Waals surface area (Å²) in [5.41, 5.74) is 1.05. The lowest BCUT2D eigenvalue weighted by Gasteiger charge is -2.05. The first-order chi connectivity index (χ1) is 7.22. The van der Waals surface area contributed by atoms with Crippen LogP contribution in [0.25, 0.3) is 0 Å². The molecule has 7 heteroatoms. The Kier molecular flexibility index (Phi) is 4.19. The van der Waals surface area contributed by atoms with Gasteiger partial charge in [0.05, 0.1) is 18.9 Å². The molecule has 0 aromatic carbocycles. The van der Waals surface area contributed by atoms with E-state index in [9.17, 15) is 4.79 Å². The van der Waals surface area contributed by atoms with Crippen LogP contribution in [0.15, 0.2) is 0 Å². The molecular formula is C8H14N4O3. The lowest BCUT2D eigenvalue weighted by Crippen LogP contribution is -2.25. The van der Waals surface area contributed by atoms with Crippen LogP contribution >= 0.6 is 0 Å². The summed E-state index contributed by atoms with van der Waals surface area (Å²) in [4.78, 5) is 11.1. The minimum absolute atomic E-state index is 0.0716. The van der Waals surface area contributed by atoms with E-state index >= 15 is 0 Å². The maximum absolute atomic E-state index is 11.1. The molecule has 2 N–H and O–H groups in total. The second kappa shape index (κ2) is 5.42. The molecule has 0 aliphatic carbocycles. The van der Waals surface area contributed by atoms with Crippen molar-refractivity contribution in [2.45, 2.75) is 19.8 Å². The van der Waals surface area contributed by atoms with Gasteiger partial charge in [-0.25, -0.2) is 4.68 Å². The third kappa shape index (κ3) is 2.74. The van der Waals surface area contributed by atoms with Crippen molar-refractivity contribution in [3.63, 3.8) is 0 Å². The maximum atomic E-state index is 11.1. The Hall–Kier alpha value is -1.47. The summed E-state index contributed by atoms with van der Waals surface area (Å²) in [6.45, 7) is 0.120. The van der Waals surface area contributed by atoms with Crippen molar-refractivity contribution in [3.05, 3.63) is 11.4 Å². The Balaban J connectivity index is 2.86. The topological polar surface area (TPSA) is 89.3 Å². The van der Waals surface area contributed by atoms with Crippen molar-refractivity contribution in [2.75, 3.05) is 14.2 Å². The normalized spacial score (nSPS) is 10.3. The second-order valence-electron chi connectivity index (χ2n) is 2.90. The molecule has 0 saturated heterocycles. The molecular weight excluding hydrogens is 200 g/mol. The van der Waals surface area contributed by atoms with E-state index < -0.39 is 0 Å². The molecule has 1 aromatic heterocycles. The van der Waals surface area contributed by atoms with Crippen molar-refractivity contribution in [3.8, 4) is 0 Å². The van der Waals surface area contributed by atoms with Gasteiger partial charge in [-0.2, -0.15) is 0 Å². The van der Waals surface area contributed by atoms with E-state index in [1.54, 1.807) is 7.05 Å². The summed E-state index contributed by atoms with van der Waals surface area (Å²) in [7, 11) is 3.07. The number of aliphatic hydroxyl groups excluding tert-OH is 1. The highest BCUT2D eigenvalue weighted by atomic mass is 16.5. The molecule has 0 aliphatic heterocycles. The molecule has 0 aliphatic rings. The van der Waals surface area contributed by atoms with Gasteiger partial charge in [0, 0.05) is 14.2 Å². The Bertz CT molecular complexity index is 337. The van der Waals surface area contributed by atoms with Crippen molar-refractivity contribution in [1.29, 1.82) is 0 Å². The number of ether oxygens (including phenoxy) is 1. The molecule has 1 aromatic rings. The molecule has 84 valence electrons. The quantitative estimate of drug-likeness (QED) is 0.633. The predicted molar refractivity (Wildman–Crippen MR) is 50.7 cm³/mol. The van der Waals surface area contributed by atoms with Gasteiger partial charge in [0.2, 0.25) is 5.91 Å². The van der Waals surface area contributed by atoms with Crippen molar-refractivity contribution < 1.29 is 14.6 Å². The first kappa shape index (κ1) is 11.6. The zero-order valence-corrected chi connectivity index (χ0v) is 8.73. The molecule has 15 heavy (non-hydrogen) atoms. The van der Waals surface area contributed by atoms with Crippen molar-refractivity contribution in [1.82, 2.24) is 20.3 Å². The van der Waals surface area contributed by atoms with Gasteiger partial charge < -0.3 is 15.2 Å². The summed E-state index contributed by atoms with van der Waals surface area (Å²) in [5.74, 6) is -0.179. The predicted octanol–water partition coefficient (Wildman–Crippen LogP) is -1.34. The van der Waals surface area contributed by atoms with Gasteiger partial charge in [-0.05, 0) is 0 Å². The number of rotatable bonds is 5. The van der Waals surface area contributed by atoms with Crippen LogP contribution in [0.3, 0.4) is 0 Å². The van der Waals surface area contributed by atoms with Gasteiger partial charge >= 0.3 is 0 Å². The Morgan fingerprint density at radius 1 is 1.67 bits per heavy atom. The lowest BCUT2D eigenvalue weighted by molar-refractivity contribution is -0.121. The van der Waals surface area contributed by atoms with E-state index in [-0.39, 0.29) is 25.7 Å². The number of nitrogens with one attached hydrogen (secondary N) is 1. The molecule has 0 atom stereocenters. The maximum Gasteiger partial charge on any atom is 0.241 e. The number of nitrogens with zero attached hydrogens (tertiary/aromatic N) is 3. The number of methoxy groups -OCH3 is 1. The Morgan fingerprint density at radius 2 is 2.40 bits per heavy atom. The number of likely N-dealkylation sites (N-methyl/N-ethyl adjacent to an activating group) is 1. The van der Waals surface area contributed by atoms with Crippen LogP contribution in [0, 0.1) is 0 Å². The van der Waals surface area contributed by atoms with Gasteiger partial charge in [-0.3, -0.25) is 4.79 Å². The summed E-state index contributed by atoms with van der Waals surface area (Å²) in [6, 6.07) is 0. The van der Waals surface area contributed by atoms with Crippen LogP contribution in [0.4, 0.5) is 0 Å². The summed E-state index contributed by atoms with van der Waals surface area (Å²) in [5, 5.41) is 19.0. The van der Waals surface area contributed by atoms with E-state index in [1.165, 1.54) is 11.8 Å². The highest BCUT2D eigenvalue weighted by Gasteiger charge is 2.13. The second-order valence-corrected chi connectivity index (χ2v) is 2.90. The van der Waals surface area contributed by atoms with Gasteiger partial charge in [0.25, 0.3) is 0 Å². The summed E-state index contributed by atoms with van der Waals surface area (Å²) >= 11 is 0. The molecule has 0 unspecified atom stereocenters. The van der Waals surface area contributed by atoms with Crippen LogP contribution < -0.4 is 5.32 Å². The van der Waals surface area contributed by atoms with Crippen molar-refractivity contribution in [2.24, 2.45) is 0 Å². The van der Waals surface area contributed by atoms with Crippen LogP contribution in [-0.2, 0) is 29.3 Å². The van der Waals surface area contributed by atoms with Crippen LogP contribution in [0.1, 0.15) is 11.4 Å². The number of carbonyl (C=O) groups excluding carboxylic acids is 1. The molecule has 0 saturated carbocycles. The Morgan fingerprint density at radius 3 is 2.93 bits per heavy atom. The largest absolute Gasteiger partial charge is 0.390 e. The number of aliphatic hydroxyl groups is 1. The highest BCUT2D eigenvalue weighted by Crippen LogP contribution is 2.06. The third-order valence-electron chi connectivity index (χ3n) is 1.92. The number of carbonyl (C=O) groups is 1. The van der Waals surface area contributed by atoms with E-state index in [2.05, 4.69) is 15.6 Å². The summed E-state index contributed by atoms with van der Waals surface area (Å²) < 4.78 is 6.35. The molecule has 0 spiro atoms. The fourth-order valence-electron chi connectivity index (χ4n) is 1.13. The smallest absolute Gasteiger partial charge is 0.241 e. The fourth-order valence-corrected chi connectivity index (χ4v) is 1.13. The van der Waals surface area contributed by atoms with E-state index in [0.717, 1.165) is 0 Å². The monoisotopic (exact) mass is 214 g/mol. The van der Waals surface area contributed by atoms with Crippen LogP contribution in [0.5, 0.6) is 0 Å². The molecule has 7 nitrogen and oxygen atoms in total. The fraction of sp³-hybridized carbons (Fsp3) is 0.625. The minimum atomic E-state index is -0.216. The number of amides is 1. The first-order valence-electron chi connectivity index (χ1n) is 4.44. The number of hydrogen-bond acceptors (Lipinski definition) is 5. The number of aromatic nitrogens is 3. The molecule has 1 rings (SSSR count). The van der Waals surface area contributed by atoms with Crippen molar-refractivity contribution >= 4 is 5.91 Å². The van der Waals surface area contributed by atoms with Gasteiger partial charge in [-0.1, -0.05) is 5.21 Å². The van der Waals surface area contributed by atoms with Gasteiger partial charge in [0.15, 0.2) is 0 Å². The zero-order valence-electron chi connectivity index (χ0n) is 8.73. The van der Waals surface area contributed by atoms with E-state index in [0.29, 0.717) is 11.4 Å². The molecule has 1 heterocycles.